The van der Waals surface area contributed by atoms with Gasteiger partial charge in [-0.1, -0.05) is 13.8 Å². The zero-order valence-electron chi connectivity index (χ0n) is 12.8. The van der Waals surface area contributed by atoms with Crippen molar-refractivity contribution in [3.05, 3.63) is 18.2 Å². The van der Waals surface area contributed by atoms with Crippen molar-refractivity contribution in [2.75, 3.05) is 12.4 Å². The van der Waals surface area contributed by atoms with Gasteiger partial charge in [0.25, 0.3) is 0 Å². The van der Waals surface area contributed by atoms with Crippen LogP contribution < -0.4 is 15.2 Å². The Labute approximate surface area is 126 Å². The first-order valence-electron chi connectivity index (χ1n) is 7.19. The van der Waals surface area contributed by atoms with Gasteiger partial charge >= 0.3 is 0 Å². The van der Waals surface area contributed by atoms with Crippen LogP contribution >= 0.6 is 0 Å². The normalized spacial score (nSPS) is 19.2. The van der Waals surface area contributed by atoms with E-state index in [1.807, 2.05) is 0 Å². The van der Waals surface area contributed by atoms with Crippen molar-refractivity contribution < 1.29 is 13.2 Å². The average molecular weight is 312 g/mol. The highest BCUT2D eigenvalue weighted by atomic mass is 32.2. The van der Waals surface area contributed by atoms with Gasteiger partial charge in [0.2, 0.25) is 10.0 Å². The lowest BCUT2D eigenvalue weighted by molar-refractivity contribution is 0.232. The largest absolute Gasteiger partial charge is 0.495 e. The lowest BCUT2D eigenvalue weighted by Crippen LogP contribution is -2.30. The van der Waals surface area contributed by atoms with Crippen molar-refractivity contribution in [3.8, 4) is 5.75 Å². The number of rotatable bonds is 4. The van der Waals surface area contributed by atoms with E-state index in [-0.39, 0.29) is 4.90 Å². The number of sulfonamides is 1. The van der Waals surface area contributed by atoms with Crippen LogP contribution in [0, 0.1) is 5.41 Å². The molecular formula is C15H24N2O3S. The monoisotopic (exact) mass is 312 g/mol. The van der Waals surface area contributed by atoms with Crippen LogP contribution in [0.4, 0.5) is 5.69 Å². The summed E-state index contributed by atoms with van der Waals surface area (Å²) in [4.78, 5) is 0.0990. The summed E-state index contributed by atoms with van der Waals surface area (Å²) < 4.78 is 28.2. The van der Waals surface area contributed by atoms with E-state index in [0.29, 0.717) is 22.9 Å². The Bertz CT molecular complexity index is 601. The molecule has 0 atom stereocenters. The van der Waals surface area contributed by atoms with Crippen molar-refractivity contribution in [2.24, 2.45) is 10.6 Å². The van der Waals surface area contributed by atoms with Gasteiger partial charge in [0.15, 0.2) is 0 Å². The Morgan fingerprint density at radius 2 is 1.90 bits per heavy atom. The summed E-state index contributed by atoms with van der Waals surface area (Å²) in [6, 6.07) is 4.98. The molecule has 118 valence electrons. The lowest BCUT2D eigenvalue weighted by atomic mass is 9.75. The summed E-state index contributed by atoms with van der Waals surface area (Å²) in [5, 5.41) is 8.60. The minimum atomic E-state index is -3.71. The van der Waals surface area contributed by atoms with Crippen molar-refractivity contribution in [3.63, 3.8) is 0 Å². The van der Waals surface area contributed by atoms with Crippen molar-refractivity contribution in [1.29, 1.82) is 0 Å². The van der Waals surface area contributed by atoms with Gasteiger partial charge in [-0.05, 0) is 49.3 Å². The molecule has 21 heavy (non-hydrogen) atoms. The second-order valence-corrected chi connectivity index (χ2v) is 8.05. The molecule has 1 aromatic carbocycles. The SMILES string of the molecule is COc1ccc(S(N)(=O)=O)cc1NC1CCC(C)(C)CC1. The van der Waals surface area contributed by atoms with Crippen LogP contribution in [0.15, 0.2) is 23.1 Å². The Morgan fingerprint density at radius 1 is 1.29 bits per heavy atom. The molecule has 1 fully saturated rings. The maximum atomic E-state index is 11.5. The summed E-state index contributed by atoms with van der Waals surface area (Å²) in [7, 11) is -2.13. The number of hydrogen-bond acceptors (Lipinski definition) is 4. The highest BCUT2D eigenvalue weighted by Crippen LogP contribution is 2.37. The Balaban J connectivity index is 2.19. The van der Waals surface area contributed by atoms with Crippen LogP contribution in [0.25, 0.3) is 0 Å². The maximum Gasteiger partial charge on any atom is 0.238 e. The molecule has 0 aromatic heterocycles. The third kappa shape index (κ3) is 4.11. The van der Waals surface area contributed by atoms with E-state index in [2.05, 4.69) is 19.2 Å². The van der Waals surface area contributed by atoms with Gasteiger partial charge in [0, 0.05) is 6.04 Å². The maximum absolute atomic E-state index is 11.5. The van der Waals surface area contributed by atoms with E-state index in [9.17, 15) is 8.42 Å². The molecule has 6 heteroatoms. The quantitative estimate of drug-likeness (QED) is 0.895. The van der Waals surface area contributed by atoms with E-state index >= 15 is 0 Å². The predicted octanol–water partition coefficient (Wildman–Crippen LogP) is 2.72. The van der Waals surface area contributed by atoms with Crippen molar-refractivity contribution in [1.82, 2.24) is 0 Å². The summed E-state index contributed by atoms with van der Waals surface area (Å²) >= 11 is 0. The number of hydrogen-bond donors (Lipinski definition) is 2. The standard InChI is InChI=1S/C15H24N2O3S/c1-15(2)8-6-11(7-9-15)17-13-10-12(21(16,18)19)4-5-14(13)20-3/h4-5,10-11,17H,6-9H2,1-3H3,(H2,16,18,19). The minimum absolute atomic E-state index is 0.0990. The summed E-state index contributed by atoms with van der Waals surface area (Å²) in [6.45, 7) is 4.57. The first kappa shape index (κ1) is 16.1. The van der Waals surface area contributed by atoms with E-state index < -0.39 is 10.0 Å². The molecule has 0 unspecified atom stereocenters. The molecule has 0 amide bonds. The molecule has 1 aromatic rings. The molecule has 3 N–H and O–H groups in total. The number of nitrogens with two attached hydrogens (primary N) is 1. The smallest absolute Gasteiger partial charge is 0.238 e. The average Bonchev–Trinajstić information content (AvgIpc) is 2.40. The Morgan fingerprint density at radius 3 is 2.43 bits per heavy atom. The van der Waals surface area contributed by atoms with Crippen LogP contribution in [0.1, 0.15) is 39.5 Å². The molecule has 0 heterocycles. The van der Waals surface area contributed by atoms with E-state index in [1.54, 1.807) is 19.2 Å². The van der Waals surface area contributed by atoms with Crippen LogP contribution in [0.5, 0.6) is 5.75 Å². The van der Waals surface area contributed by atoms with E-state index in [4.69, 9.17) is 9.88 Å². The van der Waals surface area contributed by atoms with Crippen LogP contribution in [-0.4, -0.2) is 21.6 Å². The summed E-state index contributed by atoms with van der Waals surface area (Å²) in [6.07, 6.45) is 4.44. The molecule has 1 aliphatic carbocycles. The fraction of sp³-hybridized carbons (Fsp3) is 0.600. The fourth-order valence-electron chi connectivity index (χ4n) is 2.74. The first-order valence-corrected chi connectivity index (χ1v) is 8.73. The molecule has 0 saturated heterocycles. The number of benzene rings is 1. The van der Waals surface area contributed by atoms with Crippen molar-refractivity contribution >= 4 is 15.7 Å². The summed E-state index contributed by atoms with van der Waals surface area (Å²) in [5.41, 5.74) is 1.08. The van der Waals surface area contributed by atoms with Gasteiger partial charge in [-0.3, -0.25) is 0 Å². The zero-order chi connectivity index (χ0) is 15.7. The van der Waals surface area contributed by atoms with Crippen LogP contribution in [-0.2, 0) is 10.0 Å². The second kappa shape index (κ2) is 5.85. The minimum Gasteiger partial charge on any atom is -0.495 e. The van der Waals surface area contributed by atoms with Gasteiger partial charge in [0.05, 0.1) is 17.7 Å². The first-order chi connectivity index (χ1) is 9.71. The number of methoxy groups -OCH3 is 1. The van der Waals surface area contributed by atoms with Gasteiger partial charge in [0.1, 0.15) is 5.75 Å². The summed E-state index contributed by atoms with van der Waals surface area (Å²) in [5.74, 6) is 0.632. The van der Waals surface area contributed by atoms with Crippen molar-refractivity contribution in [2.45, 2.75) is 50.5 Å². The molecule has 1 aliphatic rings. The molecule has 0 spiro atoms. The van der Waals surface area contributed by atoms with Gasteiger partial charge in [-0.2, -0.15) is 0 Å². The molecular weight excluding hydrogens is 288 g/mol. The van der Waals surface area contributed by atoms with Crippen LogP contribution in [0.2, 0.25) is 0 Å². The molecule has 0 bridgehead atoms. The molecule has 5 nitrogen and oxygen atoms in total. The molecule has 2 rings (SSSR count). The van der Waals surface area contributed by atoms with Gasteiger partial charge in [-0.15, -0.1) is 0 Å². The number of ether oxygens (including phenoxy) is 1. The Kier molecular flexibility index (Phi) is 4.49. The van der Waals surface area contributed by atoms with Gasteiger partial charge in [-0.25, -0.2) is 13.6 Å². The molecule has 0 aliphatic heterocycles. The molecule has 0 radical (unpaired) electrons. The topological polar surface area (TPSA) is 81.4 Å². The number of nitrogens with one attached hydrogen (secondary N) is 1. The number of primary sulfonamides is 1. The zero-order valence-corrected chi connectivity index (χ0v) is 13.7. The number of anilines is 1. The fourth-order valence-corrected chi connectivity index (χ4v) is 3.28. The van der Waals surface area contributed by atoms with E-state index in [1.165, 1.54) is 6.07 Å². The third-order valence-electron chi connectivity index (χ3n) is 4.20. The third-order valence-corrected chi connectivity index (χ3v) is 5.11. The highest BCUT2D eigenvalue weighted by molar-refractivity contribution is 7.89. The lowest BCUT2D eigenvalue weighted by Gasteiger charge is -2.35. The Hall–Kier alpha value is -1.27. The predicted molar refractivity (Wildman–Crippen MR) is 84.0 cm³/mol. The van der Waals surface area contributed by atoms with Crippen LogP contribution in [0.3, 0.4) is 0 Å². The molecule has 1 saturated carbocycles. The second-order valence-electron chi connectivity index (χ2n) is 6.49. The highest BCUT2D eigenvalue weighted by Gasteiger charge is 2.27. The van der Waals surface area contributed by atoms with Gasteiger partial charge < -0.3 is 10.1 Å². The van der Waals surface area contributed by atoms with E-state index in [0.717, 1.165) is 25.7 Å².